The van der Waals surface area contributed by atoms with Crippen LogP contribution < -0.4 is 11.1 Å². The van der Waals surface area contributed by atoms with Crippen LogP contribution in [-0.4, -0.2) is 30.7 Å². The summed E-state index contributed by atoms with van der Waals surface area (Å²) < 4.78 is 5.69. The van der Waals surface area contributed by atoms with Crippen LogP contribution in [0.2, 0.25) is 10.0 Å². The number of nitrogens with two attached hydrogens (primary N) is 1. The summed E-state index contributed by atoms with van der Waals surface area (Å²) in [6.45, 7) is 11.1. The normalized spacial score (nSPS) is 25.4. The molecule has 1 fully saturated rings. The summed E-state index contributed by atoms with van der Waals surface area (Å²) in [5.74, 6) is -0.137. The van der Waals surface area contributed by atoms with Gasteiger partial charge in [-0.05, 0) is 24.6 Å². The number of rotatable bonds is 6. The van der Waals surface area contributed by atoms with Crippen molar-refractivity contribution in [1.29, 1.82) is 0 Å². The molecule has 2 rings (SSSR count). The van der Waals surface area contributed by atoms with Gasteiger partial charge in [-0.15, -0.1) is 0 Å². The molecule has 1 aromatic rings. The summed E-state index contributed by atoms with van der Waals surface area (Å²) >= 11 is 12.1. The monoisotopic (exact) mass is 386 g/mol. The summed E-state index contributed by atoms with van der Waals surface area (Å²) in [5, 5.41) is 4.05. The standard InChI is InChI=1S/C19H28Cl2N2O2/c1-6-25-15-10-19(22,18(15,4)5)16(24)23-11-17(2,3)12-7-8-13(20)14(21)9-12/h7-9,15H,6,10-11,22H2,1-5H3,(H,23,24). The Labute approximate surface area is 160 Å². The molecule has 0 heterocycles. The van der Waals surface area contributed by atoms with Crippen LogP contribution in [-0.2, 0) is 14.9 Å². The fraction of sp³-hybridized carbons (Fsp3) is 0.632. The predicted octanol–water partition coefficient (Wildman–Crippen LogP) is 3.92. The Balaban J connectivity index is 2.05. The van der Waals surface area contributed by atoms with E-state index in [0.717, 1.165) is 5.56 Å². The minimum atomic E-state index is -0.916. The zero-order valence-corrected chi connectivity index (χ0v) is 17.1. The second-order valence-electron chi connectivity index (χ2n) is 8.04. The summed E-state index contributed by atoms with van der Waals surface area (Å²) in [6.07, 6.45) is 0.545. The van der Waals surface area contributed by atoms with E-state index in [1.165, 1.54) is 0 Å². The van der Waals surface area contributed by atoms with Crippen molar-refractivity contribution in [3.05, 3.63) is 33.8 Å². The number of benzene rings is 1. The van der Waals surface area contributed by atoms with E-state index >= 15 is 0 Å². The molecule has 1 saturated carbocycles. The Kier molecular flexibility index (Phi) is 5.80. The van der Waals surface area contributed by atoms with Gasteiger partial charge in [0.15, 0.2) is 0 Å². The minimum Gasteiger partial charge on any atom is -0.378 e. The van der Waals surface area contributed by atoms with Gasteiger partial charge in [-0.2, -0.15) is 0 Å². The van der Waals surface area contributed by atoms with E-state index in [4.69, 9.17) is 33.7 Å². The van der Waals surface area contributed by atoms with Crippen LogP contribution in [0.25, 0.3) is 0 Å². The van der Waals surface area contributed by atoms with Gasteiger partial charge in [0.2, 0.25) is 5.91 Å². The zero-order chi connectivity index (χ0) is 19.0. The van der Waals surface area contributed by atoms with Gasteiger partial charge in [0, 0.05) is 30.4 Å². The van der Waals surface area contributed by atoms with Gasteiger partial charge in [0.1, 0.15) is 5.54 Å². The van der Waals surface area contributed by atoms with Gasteiger partial charge < -0.3 is 15.8 Å². The van der Waals surface area contributed by atoms with Gasteiger partial charge >= 0.3 is 0 Å². The van der Waals surface area contributed by atoms with E-state index in [2.05, 4.69) is 5.32 Å². The molecule has 0 spiro atoms. The highest BCUT2D eigenvalue weighted by Gasteiger charge is 2.62. The van der Waals surface area contributed by atoms with Crippen molar-refractivity contribution in [2.45, 2.75) is 58.1 Å². The Morgan fingerprint density at radius 1 is 1.36 bits per heavy atom. The molecule has 0 saturated heterocycles. The van der Waals surface area contributed by atoms with Crippen LogP contribution in [0.15, 0.2) is 18.2 Å². The van der Waals surface area contributed by atoms with Crippen LogP contribution in [0, 0.1) is 5.41 Å². The second kappa shape index (κ2) is 7.07. The van der Waals surface area contributed by atoms with E-state index in [1.807, 2.05) is 46.8 Å². The maximum Gasteiger partial charge on any atom is 0.240 e. The third-order valence-electron chi connectivity index (χ3n) is 5.63. The number of nitrogens with one attached hydrogen (secondary N) is 1. The molecule has 4 nitrogen and oxygen atoms in total. The lowest BCUT2D eigenvalue weighted by Gasteiger charge is -2.57. The smallest absolute Gasteiger partial charge is 0.240 e. The Morgan fingerprint density at radius 2 is 2.00 bits per heavy atom. The van der Waals surface area contributed by atoms with Crippen LogP contribution in [0.1, 0.15) is 46.6 Å². The maximum absolute atomic E-state index is 12.8. The molecule has 1 aliphatic rings. The fourth-order valence-corrected chi connectivity index (χ4v) is 3.60. The van der Waals surface area contributed by atoms with E-state index in [-0.39, 0.29) is 17.4 Å². The van der Waals surface area contributed by atoms with Crippen molar-refractivity contribution < 1.29 is 9.53 Å². The number of hydrogen-bond donors (Lipinski definition) is 2. The molecule has 2 unspecified atom stereocenters. The molecule has 0 bridgehead atoms. The van der Waals surface area contributed by atoms with Crippen molar-refractivity contribution in [2.24, 2.45) is 11.1 Å². The molecule has 1 amide bonds. The molecule has 1 aliphatic carbocycles. The zero-order valence-electron chi connectivity index (χ0n) is 15.6. The number of amides is 1. The van der Waals surface area contributed by atoms with Gasteiger partial charge in [-0.1, -0.05) is 57.0 Å². The first-order valence-corrected chi connectivity index (χ1v) is 9.35. The minimum absolute atomic E-state index is 0.0105. The van der Waals surface area contributed by atoms with Crippen molar-refractivity contribution in [1.82, 2.24) is 5.32 Å². The SMILES string of the molecule is CCOC1CC(N)(C(=O)NCC(C)(C)c2ccc(Cl)c(Cl)c2)C1(C)C. The van der Waals surface area contributed by atoms with Crippen LogP contribution >= 0.6 is 23.2 Å². The topological polar surface area (TPSA) is 64.3 Å². The van der Waals surface area contributed by atoms with E-state index < -0.39 is 11.0 Å². The average molecular weight is 387 g/mol. The van der Waals surface area contributed by atoms with Crippen LogP contribution in [0.5, 0.6) is 0 Å². The first-order chi connectivity index (χ1) is 11.5. The predicted molar refractivity (Wildman–Crippen MR) is 103 cm³/mol. The van der Waals surface area contributed by atoms with Crippen molar-refractivity contribution in [3.63, 3.8) is 0 Å². The Hall–Kier alpha value is -0.810. The maximum atomic E-state index is 12.8. The van der Waals surface area contributed by atoms with Crippen molar-refractivity contribution in [2.75, 3.05) is 13.2 Å². The third-order valence-corrected chi connectivity index (χ3v) is 6.37. The van der Waals surface area contributed by atoms with Gasteiger partial charge in [0.05, 0.1) is 16.1 Å². The molecule has 1 aromatic carbocycles. The molecule has 25 heavy (non-hydrogen) atoms. The van der Waals surface area contributed by atoms with Crippen LogP contribution in [0.4, 0.5) is 0 Å². The first-order valence-electron chi connectivity index (χ1n) is 8.60. The van der Waals surface area contributed by atoms with E-state index in [0.29, 0.717) is 29.6 Å². The summed E-state index contributed by atoms with van der Waals surface area (Å²) in [4.78, 5) is 12.8. The molecular formula is C19H28Cl2N2O2. The van der Waals surface area contributed by atoms with E-state index in [1.54, 1.807) is 6.07 Å². The summed E-state index contributed by atoms with van der Waals surface area (Å²) in [6, 6.07) is 5.54. The lowest BCUT2D eigenvalue weighted by atomic mass is 9.54. The highest BCUT2D eigenvalue weighted by atomic mass is 35.5. The lowest BCUT2D eigenvalue weighted by Crippen LogP contribution is -2.76. The number of carbonyl (C=O) groups is 1. The summed E-state index contributed by atoms with van der Waals surface area (Å²) in [5.41, 5.74) is 5.82. The van der Waals surface area contributed by atoms with Crippen molar-refractivity contribution in [3.8, 4) is 0 Å². The first kappa shape index (κ1) is 20.5. The molecule has 0 radical (unpaired) electrons. The Morgan fingerprint density at radius 3 is 2.52 bits per heavy atom. The number of ether oxygens (including phenoxy) is 1. The number of carbonyl (C=O) groups excluding carboxylic acids is 1. The fourth-order valence-electron chi connectivity index (χ4n) is 3.30. The third kappa shape index (κ3) is 3.68. The highest BCUT2D eigenvalue weighted by molar-refractivity contribution is 6.42. The number of halogens is 2. The number of hydrogen-bond acceptors (Lipinski definition) is 3. The average Bonchev–Trinajstić information content (AvgIpc) is 2.54. The molecule has 3 N–H and O–H groups in total. The molecule has 2 atom stereocenters. The second-order valence-corrected chi connectivity index (χ2v) is 8.85. The molecule has 0 aliphatic heterocycles. The van der Waals surface area contributed by atoms with Gasteiger partial charge in [0.25, 0.3) is 0 Å². The molecule has 140 valence electrons. The lowest BCUT2D eigenvalue weighted by molar-refractivity contribution is -0.170. The summed E-state index contributed by atoms with van der Waals surface area (Å²) in [7, 11) is 0. The van der Waals surface area contributed by atoms with Crippen LogP contribution in [0.3, 0.4) is 0 Å². The molecule has 6 heteroatoms. The van der Waals surface area contributed by atoms with E-state index in [9.17, 15) is 4.79 Å². The van der Waals surface area contributed by atoms with Gasteiger partial charge in [-0.25, -0.2) is 0 Å². The molecule has 0 aromatic heterocycles. The highest BCUT2D eigenvalue weighted by Crippen LogP contribution is 2.49. The van der Waals surface area contributed by atoms with Gasteiger partial charge in [-0.3, -0.25) is 4.79 Å². The van der Waals surface area contributed by atoms with Crippen molar-refractivity contribution >= 4 is 29.1 Å². The quantitative estimate of drug-likeness (QED) is 0.778. The largest absolute Gasteiger partial charge is 0.378 e. The molecular weight excluding hydrogens is 359 g/mol. The Bertz CT molecular complexity index is 661.